The molecule has 2 unspecified atom stereocenters. The first-order valence-corrected chi connectivity index (χ1v) is 7.49. The van der Waals surface area contributed by atoms with Gasteiger partial charge in [-0.05, 0) is 71.6 Å². The molecule has 0 bridgehead atoms. The molecule has 2 atom stereocenters. The van der Waals surface area contributed by atoms with Gasteiger partial charge < -0.3 is 0 Å². The average Bonchev–Trinajstić information content (AvgIpc) is 2.38. The maximum Gasteiger partial charge on any atom is -0.0104 e. The highest BCUT2D eigenvalue weighted by molar-refractivity contribution is 5.63. The highest BCUT2D eigenvalue weighted by Crippen LogP contribution is 2.55. The van der Waals surface area contributed by atoms with Gasteiger partial charge in [-0.2, -0.15) is 0 Å². The number of hydrogen-bond acceptors (Lipinski definition) is 0. The molecule has 1 aromatic rings. The van der Waals surface area contributed by atoms with Crippen molar-refractivity contribution in [3.63, 3.8) is 0 Å². The van der Waals surface area contributed by atoms with Crippen LogP contribution in [0.15, 0.2) is 18.2 Å². The van der Waals surface area contributed by atoms with Crippen LogP contribution in [0.4, 0.5) is 0 Å². The van der Waals surface area contributed by atoms with Crippen LogP contribution >= 0.6 is 0 Å². The third kappa shape index (κ3) is 1.32. The Bertz CT molecular complexity index is 533. The Morgan fingerprint density at radius 1 is 1.11 bits per heavy atom. The van der Waals surface area contributed by atoms with Gasteiger partial charge in [-0.15, -0.1) is 0 Å². The smallest absolute Gasteiger partial charge is 0.0104 e. The lowest BCUT2D eigenvalue weighted by molar-refractivity contribution is 0.215. The molecule has 0 amide bonds. The molecule has 0 fully saturated rings. The minimum atomic E-state index is 0.508. The first-order valence-electron chi connectivity index (χ1n) is 7.49. The quantitative estimate of drug-likeness (QED) is 0.594. The van der Waals surface area contributed by atoms with E-state index >= 15 is 0 Å². The van der Waals surface area contributed by atoms with E-state index in [-0.39, 0.29) is 0 Å². The maximum atomic E-state index is 2.49. The lowest BCUT2D eigenvalue weighted by Gasteiger charge is -2.46. The summed E-state index contributed by atoms with van der Waals surface area (Å²) in [7, 11) is 0. The van der Waals surface area contributed by atoms with Gasteiger partial charge in [0.25, 0.3) is 0 Å². The average molecular weight is 238 g/mol. The molecule has 4 rings (SSSR count). The van der Waals surface area contributed by atoms with Gasteiger partial charge in [0.05, 0.1) is 0 Å². The molecule has 0 N–H and O–H groups in total. The minimum absolute atomic E-state index is 0.508. The van der Waals surface area contributed by atoms with Gasteiger partial charge in [-0.25, -0.2) is 0 Å². The molecular weight excluding hydrogens is 216 g/mol. The van der Waals surface area contributed by atoms with E-state index in [1.165, 1.54) is 37.7 Å². The van der Waals surface area contributed by atoms with E-state index in [9.17, 15) is 0 Å². The standard InChI is InChI=1S/C18H22/c1-18(2)11-10-14-7-6-12-4-3-5-13-8-9-15(18)17(14)16(12)13/h3-4,6-7,13,15H,5,8-11H2,1-2H3. The van der Waals surface area contributed by atoms with Crippen LogP contribution in [-0.4, -0.2) is 0 Å². The van der Waals surface area contributed by atoms with Crippen molar-refractivity contribution in [3.8, 4) is 0 Å². The normalized spacial score (nSPS) is 31.0. The molecule has 3 aliphatic carbocycles. The number of hydrogen-bond donors (Lipinski definition) is 0. The molecule has 0 aromatic heterocycles. The number of rotatable bonds is 0. The molecule has 94 valence electrons. The Balaban J connectivity index is 2.00. The molecular formula is C18H22. The number of allylic oxidation sites excluding steroid dienone is 1. The van der Waals surface area contributed by atoms with Crippen molar-refractivity contribution < 1.29 is 0 Å². The second-order valence-corrected chi connectivity index (χ2v) is 7.09. The minimum Gasteiger partial charge on any atom is -0.0833 e. The molecule has 18 heavy (non-hydrogen) atoms. The van der Waals surface area contributed by atoms with Crippen LogP contribution < -0.4 is 0 Å². The predicted molar refractivity (Wildman–Crippen MR) is 76.9 cm³/mol. The zero-order valence-electron chi connectivity index (χ0n) is 11.5. The van der Waals surface area contributed by atoms with Crippen LogP contribution in [-0.2, 0) is 6.42 Å². The largest absolute Gasteiger partial charge is 0.0833 e. The van der Waals surface area contributed by atoms with Gasteiger partial charge in [0.15, 0.2) is 0 Å². The second-order valence-electron chi connectivity index (χ2n) is 7.09. The van der Waals surface area contributed by atoms with Crippen molar-refractivity contribution in [1.29, 1.82) is 0 Å². The summed E-state index contributed by atoms with van der Waals surface area (Å²) < 4.78 is 0. The summed E-state index contributed by atoms with van der Waals surface area (Å²) >= 11 is 0. The fourth-order valence-corrected chi connectivity index (χ4v) is 4.59. The van der Waals surface area contributed by atoms with E-state index in [2.05, 4.69) is 38.1 Å². The summed E-state index contributed by atoms with van der Waals surface area (Å²) in [5.74, 6) is 1.64. The molecule has 3 aliphatic rings. The third-order valence-corrected chi connectivity index (χ3v) is 5.67. The van der Waals surface area contributed by atoms with Crippen LogP contribution in [0.2, 0.25) is 0 Å². The SMILES string of the molecule is CC1(C)CCc2ccc3c4c2C1CCC4CC=C3. The first-order chi connectivity index (χ1) is 8.67. The van der Waals surface area contributed by atoms with Crippen molar-refractivity contribution >= 4 is 6.08 Å². The Hall–Kier alpha value is -1.04. The summed E-state index contributed by atoms with van der Waals surface area (Å²) in [6, 6.07) is 4.78. The molecule has 1 aromatic carbocycles. The van der Waals surface area contributed by atoms with E-state index in [1.807, 2.05) is 0 Å². The lowest BCUT2D eigenvalue weighted by Crippen LogP contribution is -2.33. The van der Waals surface area contributed by atoms with Gasteiger partial charge in [-0.3, -0.25) is 0 Å². The zero-order chi connectivity index (χ0) is 12.3. The highest BCUT2D eigenvalue weighted by atomic mass is 14.5. The van der Waals surface area contributed by atoms with Crippen molar-refractivity contribution in [2.24, 2.45) is 5.41 Å². The summed E-state index contributed by atoms with van der Waals surface area (Å²) in [6.45, 7) is 4.97. The fraction of sp³-hybridized carbons (Fsp3) is 0.556. The summed E-state index contributed by atoms with van der Waals surface area (Å²) in [6.07, 6.45) is 11.5. The van der Waals surface area contributed by atoms with Crippen molar-refractivity contribution in [2.75, 3.05) is 0 Å². The van der Waals surface area contributed by atoms with Crippen molar-refractivity contribution in [1.82, 2.24) is 0 Å². The highest BCUT2D eigenvalue weighted by Gasteiger charge is 2.41. The van der Waals surface area contributed by atoms with Gasteiger partial charge >= 0.3 is 0 Å². The van der Waals surface area contributed by atoms with E-state index in [1.54, 1.807) is 16.7 Å². The van der Waals surface area contributed by atoms with Crippen LogP contribution in [0, 0.1) is 5.41 Å². The van der Waals surface area contributed by atoms with Gasteiger partial charge in [0.2, 0.25) is 0 Å². The predicted octanol–water partition coefficient (Wildman–Crippen LogP) is 5.04. The summed E-state index contributed by atoms with van der Waals surface area (Å²) in [5, 5.41) is 0. The van der Waals surface area contributed by atoms with Gasteiger partial charge in [0, 0.05) is 0 Å². The Kier molecular flexibility index (Phi) is 2.11. The number of aryl methyl sites for hydroxylation is 1. The Morgan fingerprint density at radius 3 is 2.89 bits per heavy atom. The molecule has 0 aliphatic heterocycles. The second kappa shape index (κ2) is 3.50. The molecule has 0 nitrogen and oxygen atoms in total. The van der Waals surface area contributed by atoms with Gasteiger partial charge in [-0.1, -0.05) is 38.1 Å². The van der Waals surface area contributed by atoms with Crippen LogP contribution in [0.5, 0.6) is 0 Å². The Morgan fingerprint density at radius 2 is 2.00 bits per heavy atom. The molecule has 0 saturated carbocycles. The topological polar surface area (TPSA) is 0 Å². The molecule has 0 heteroatoms. The van der Waals surface area contributed by atoms with Crippen molar-refractivity contribution in [2.45, 2.75) is 57.8 Å². The van der Waals surface area contributed by atoms with Crippen molar-refractivity contribution in [3.05, 3.63) is 40.5 Å². The molecule has 0 saturated heterocycles. The van der Waals surface area contributed by atoms with E-state index in [0.717, 1.165) is 11.8 Å². The molecule has 0 radical (unpaired) electrons. The maximum absolute atomic E-state index is 2.49. The fourth-order valence-electron chi connectivity index (χ4n) is 4.59. The number of benzene rings is 1. The molecule has 0 heterocycles. The van der Waals surface area contributed by atoms with Crippen LogP contribution in [0.3, 0.4) is 0 Å². The van der Waals surface area contributed by atoms with E-state index < -0.39 is 0 Å². The summed E-state index contributed by atoms with van der Waals surface area (Å²) in [4.78, 5) is 0. The van der Waals surface area contributed by atoms with E-state index in [0.29, 0.717) is 5.41 Å². The summed E-state index contributed by atoms with van der Waals surface area (Å²) in [5.41, 5.74) is 7.20. The van der Waals surface area contributed by atoms with Gasteiger partial charge in [0.1, 0.15) is 0 Å². The zero-order valence-corrected chi connectivity index (χ0v) is 11.5. The van der Waals surface area contributed by atoms with Crippen LogP contribution in [0.25, 0.3) is 6.08 Å². The lowest BCUT2D eigenvalue weighted by atomic mass is 9.58. The first kappa shape index (κ1) is 10.8. The Labute approximate surface area is 110 Å². The van der Waals surface area contributed by atoms with E-state index in [4.69, 9.17) is 0 Å². The monoisotopic (exact) mass is 238 g/mol. The molecule has 0 spiro atoms. The van der Waals surface area contributed by atoms with Crippen LogP contribution in [0.1, 0.15) is 73.6 Å². The third-order valence-electron chi connectivity index (χ3n) is 5.67.